The van der Waals surface area contributed by atoms with E-state index in [4.69, 9.17) is 14.2 Å². The smallest absolute Gasteiger partial charge is 0.407 e. The highest BCUT2D eigenvalue weighted by Gasteiger charge is 2.37. The van der Waals surface area contributed by atoms with Crippen molar-refractivity contribution in [1.29, 1.82) is 0 Å². The highest BCUT2D eigenvalue weighted by Crippen LogP contribution is 2.48. The van der Waals surface area contributed by atoms with Gasteiger partial charge in [0.05, 0.1) is 19.4 Å². The summed E-state index contributed by atoms with van der Waals surface area (Å²) >= 11 is 1.18. The zero-order valence-corrected chi connectivity index (χ0v) is 21.6. The molecule has 2 N–H and O–H groups in total. The fraction of sp³-hybridized carbons (Fsp3) is 0.455. The number of thiazole rings is 1. The molecule has 1 aliphatic heterocycles. The maximum absolute atomic E-state index is 13.3. The number of hydrogen-bond acceptors (Lipinski definition) is 8. The monoisotopic (exact) mass is 542 g/mol. The van der Waals surface area contributed by atoms with Gasteiger partial charge in [-0.1, -0.05) is 0 Å². The highest BCUT2D eigenvalue weighted by molar-refractivity contribution is 7.54. The number of amides is 3. The Morgan fingerprint density at radius 2 is 1.69 bits per heavy atom. The van der Waals surface area contributed by atoms with Crippen molar-refractivity contribution in [3.05, 3.63) is 41.2 Å². The lowest BCUT2D eigenvalue weighted by atomic mass is 10.2. The van der Waals surface area contributed by atoms with Gasteiger partial charge < -0.3 is 29.3 Å². The minimum atomic E-state index is -3.72. The van der Waals surface area contributed by atoms with Crippen LogP contribution in [0, 0.1) is 5.82 Å². The number of carboxylic acid groups (broad SMARTS) is 1. The third-order valence-corrected chi connectivity index (χ3v) is 8.36. The second kappa shape index (κ2) is 12.4. The van der Waals surface area contributed by atoms with Crippen LogP contribution in [0.15, 0.2) is 29.6 Å². The van der Waals surface area contributed by atoms with Crippen molar-refractivity contribution in [2.45, 2.75) is 19.9 Å². The van der Waals surface area contributed by atoms with Gasteiger partial charge in [-0.25, -0.2) is 14.2 Å². The van der Waals surface area contributed by atoms with Crippen LogP contribution < -0.4 is 5.32 Å². The molecule has 1 aromatic carbocycles. The molecular formula is C22H28FN4O7PS. The quantitative estimate of drug-likeness (QED) is 0.437. The van der Waals surface area contributed by atoms with E-state index in [0.717, 1.165) is 0 Å². The second-order valence-electron chi connectivity index (χ2n) is 7.79. The summed E-state index contributed by atoms with van der Waals surface area (Å²) in [6.07, 6.45) is -1.47. The summed E-state index contributed by atoms with van der Waals surface area (Å²) in [5, 5.41) is 13.8. The first-order valence-corrected chi connectivity index (χ1v) is 13.9. The summed E-state index contributed by atoms with van der Waals surface area (Å²) in [5.74, 6) is -1.59. The molecule has 3 amide bonds. The Kier molecular flexibility index (Phi) is 9.55. The van der Waals surface area contributed by atoms with Gasteiger partial charge >= 0.3 is 13.7 Å². The van der Waals surface area contributed by atoms with E-state index in [1.54, 1.807) is 26.0 Å². The van der Waals surface area contributed by atoms with E-state index >= 15 is 0 Å². The maximum atomic E-state index is 13.3. The molecule has 2 aromatic rings. The van der Waals surface area contributed by atoms with Crippen LogP contribution in [-0.4, -0.2) is 89.4 Å². The zero-order chi connectivity index (χ0) is 26.3. The number of nitrogens with zero attached hydrogens (tertiary/aromatic N) is 3. The molecule has 1 atom stereocenters. The van der Waals surface area contributed by atoms with Gasteiger partial charge in [-0.2, -0.15) is 0 Å². The molecule has 14 heteroatoms. The summed E-state index contributed by atoms with van der Waals surface area (Å²) in [4.78, 5) is 44.5. The first kappa shape index (κ1) is 27.7. The largest absolute Gasteiger partial charge is 0.465 e. The van der Waals surface area contributed by atoms with Crippen molar-refractivity contribution in [2.75, 3.05) is 45.6 Å². The van der Waals surface area contributed by atoms with Gasteiger partial charge in [0, 0.05) is 37.1 Å². The average molecular weight is 543 g/mol. The van der Waals surface area contributed by atoms with Crippen molar-refractivity contribution in [1.82, 2.24) is 20.1 Å². The van der Waals surface area contributed by atoms with E-state index in [1.807, 2.05) is 0 Å². The lowest BCUT2D eigenvalue weighted by molar-refractivity contribution is -0.134. The van der Waals surface area contributed by atoms with E-state index in [2.05, 4.69) is 10.3 Å². The number of carbonyl (C=O) groups is 3. The Hall–Kier alpha value is -2.86. The standard InChI is InChI=1S/C22H28FN4O7PS/c1-3-33-35(32,34-4-2)13-17(21(29)26-9-11-27(12-10-26)22(30)31)24-19(28)18-14-36-20(25-18)15-5-7-16(23)8-6-15/h5-8,14,17H,3-4,9-13H2,1-2H3,(H,24,28)(H,30,31)/t17-/m0/s1. The first-order valence-electron chi connectivity index (χ1n) is 11.3. The number of halogens is 1. The lowest BCUT2D eigenvalue weighted by Gasteiger charge is -2.35. The topological polar surface area (TPSA) is 138 Å². The number of benzene rings is 1. The molecule has 0 aliphatic carbocycles. The van der Waals surface area contributed by atoms with Crippen molar-refractivity contribution < 1.29 is 37.5 Å². The summed E-state index contributed by atoms with van der Waals surface area (Å²) in [6, 6.07) is 4.40. The molecule has 0 spiro atoms. The highest BCUT2D eigenvalue weighted by atomic mass is 32.1. The first-order chi connectivity index (χ1) is 17.2. The minimum Gasteiger partial charge on any atom is -0.465 e. The molecule has 0 bridgehead atoms. The third-order valence-electron chi connectivity index (χ3n) is 5.35. The Morgan fingerprint density at radius 1 is 1.11 bits per heavy atom. The number of nitrogens with one attached hydrogen (secondary N) is 1. The summed E-state index contributed by atoms with van der Waals surface area (Å²) in [5.41, 5.74) is 0.664. The van der Waals surface area contributed by atoms with Crippen LogP contribution in [0.4, 0.5) is 9.18 Å². The van der Waals surface area contributed by atoms with Crippen LogP contribution in [0.25, 0.3) is 10.6 Å². The van der Waals surface area contributed by atoms with Crippen molar-refractivity contribution in [3.8, 4) is 10.6 Å². The molecule has 1 aromatic heterocycles. The predicted octanol–water partition coefficient (Wildman–Crippen LogP) is 3.14. The van der Waals surface area contributed by atoms with Gasteiger partial charge in [0.15, 0.2) is 0 Å². The molecule has 1 saturated heterocycles. The molecular weight excluding hydrogens is 514 g/mol. The maximum Gasteiger partial charge on any atom is 0.407 e. The number of rotatable bonds is 10. The minimum absolute atomic E-state index is 0.0375. The lowest BCUT2D eigenvalue weighted by Crippen LogP contribution is -2.56. The Bertz CT molecular complexity index is 1110. The Labute approximate surface area is 211 Å². The molecule has 0 unspecified atom stereocenters. The fourth-order valence-electron chi connectivity index (χ4n) is 3.62. The molecule has 1 aliphatic rings. The second-order valence-corrected chi connectivity index (χ2v) is 10.8. The van der Waals surface area contributed by atoms with Gasteiger partial charge in [0.25, 0.3) is 5.91 Å². The van der Waals surface area contributed by atoms with Gasteiger partial charge in [0.1, 0.15) is 22.6 Å². The molecule has 1 fully saturated rings. The number of carbonyl (C=O) groups excluding carboxylic acids is 2. The number of hydrogen-bond donors (Lipinski definition) is 2. The van der Waals surface area contributed by atoms with E-state index in [1.165, 1.54) is 38.6 Å². The number of aromatic nitrogens is 1. The fourth-order valence-corrected chi connectivity index (χ4v) is 6.19. The Morgan fingerprint density at radius 3 is 2.25 bits per heavy atom. The summed E-state index contributed by atoms with van der Waals surface area (Å²) in [7, 11) is -3.72. The van der Waals surface area contributed by atoms with Crippen molar-refractivity contribution >= 4 is 36.8 Å². The van der Waals surface area contributed by atoms with Crippen LogP contribution in [0.5, 0.6) is 0 Å². The molecule has 0 radical (unpaired) electrons. The molecule has 196 valence electrons. The van der Waals surface area contributed by atoms with E-state index in [9.17, 15) is 23.3 Å². The average Bonchev–Trinajstić information content (AvgIpc) is 3.34. The van der Waals surface area contributed by atoms with Crippen molar-refractivity contribution in [2.24, 2.45) is 0 Å². The van der Waals surface area contributed by atoms with Gasteiger partial charge in [-0.05, 0) is 38.1 Å². The van der Waals surface area contributed by atoms with Crippen LogP contribution in [0.3, 0.4) is 0 Å². The predicted molar refractivity (Wildman–Crippen MR) is 131 cm³/mol. The Balaban J connectivity index is 1.79. The SMILES string of the molecule is CCOP(=O)(C[C@H](NC(=O)c1csc(-c2ccc(F)cc2)n1)C(=O)N1CCN(C(=O)O)CC1)OCC. The molecule has 3 rings (SSSR count). The molecule has 11 nitrogen and oxygen atoms in total. The van der Waals surface area contributed by atoms with E-state index in [-0.39, 0.29) is 45.1 Å². The molecule has 0 saturated carbocycles. The summed E-state index contributed by atoms with van der Waals surface area (Å²) < 4.78 is 37.1. The molecule has 36 heavy (non-hydrogen) atoms. The van der Waals surface area contributed by atoms with E-state index < -0.39 is 43.5 Å². The zero-order valence-electron chi connectivity index (χ0n) is 19.9. The van der Waals surface area contributed by atoms with Gasteiger partial charge in [-0.15, -0.1) is 11.3 Å². The molecule has 2 heterocycles. The van der Waals surface area contributed by atoms with Crippen LogP contribution in [-0.2, 0) is 18.4 Å². The van der Waals surface area contributed by atoms with Crippen LogP contribution >= 0.6 is 18.9 Å². The van der Waals surface area contributed by atoms with E-state index in [0.29, 0.717) is 10.6 Å². The van der Waals surface area contributed by atoms with Crippen molar-refractivity contribution in [3.63, 3.8) is 0 Å². The third kappa shape index (κ3) is 7.10. The normalized spacial score (nSPS) is 15.0. The summed E-state index contributed by atoms with van der Waals surface area (Å²) in [6.45, 7) is 3.91. The van der Waals surface area contributed by atoms with Crippen LogP contribution in [0.2, 0.25) is 0 Å². The van der Waals surface area contributed by atoms with Gasteiger partial charge in [-0.3, -0.25) is 14.2 Å². The number of piperazine rings is 1. The van der Waals surface area contributed by atoms with Gasteiger partial charge in [0.2, 0.25) is 5.91 Å². The van der Waals surface area contributed by atoms with Crippen LogP contribution in [0.1, 0.15) is 24.3 Å².